The Bertz CT molecular complexity index is 1050. The Morgan fingerprint density at radius 1 is 1.29 bits per heavy atom. The number of hydrogen-bond acceptors (Lipinski definition) is 3. The van der Waals surface area contributed by atoms with Crippen LogP contribution in [0, 0.1) is 0 Å². The highest BCUT2D eigenvalue weighted by molar-refractivity contribution is 9.10. The molecule has 0 aliphatic rings. The largest absolute Gasteiger partial charge is 0.436 e. The molecule has 12 heteroatoms. The molecule has 0 aliphatic heterocycles. The first-order chi connectivity index (χ1) is 13.1. The molecule has 28 heavy (non-hydrogen) atoms. The smallest absolute Gasteiger partial charge is 0.318 e. The molecule has 2 heterocycles. The van der Waals surface area contributed by atoms with Crippen LogP contribution < -0.4 is 5.32 Å². The third kappa shape index (κ3) is 4.34. The molecule has 0 unspecified atom stereocenters. The molecule has 0 radical (unpaired) electrons. The van der Waals surface area contributed by atoms with E-state index in [0.29, 0.717) is 22.3 Å². The van der Waals surface area contributed by atoms with Gasteiger partial charge in [0.2, 0.25) is 0 Å². The van der Waals surface area contributed by atoms with Crippen molar-refractivity contribution in [3.63, 3.8) is 0 Å². The highest BCUT2D eigenvalue weighted by atomic mass is 79.9. The fourth-order valence-corrected chi connectivity index (χ4v) is 3.52. The lowest BCUT2D eigenvalue weighted by Gasteiger charge is -2.05. The fraction of sp³-hybridized carbons (Fsp3) is 0.188. The minimum Gasteiger partial charge on any atom is -0.318 e. The van der Waals surface area contributed by atoms with Crippen molar-refractivity contribution in [2.75, 3.05) is 5.32 Å². The summed E-state index contributed by atoms with van der Waals surface area (Å²) in [7, 11) is 1.25. The molecule has 2 aromatic heterocycles. The molecule has 0 saturated carbocycles. The molecule has 1 N–H and O–H groups in total. The van der Waals surface area contributed by atoms with Crippen LogP contribution in [0.2, 0.25) is 10.0 Å². The Hall–Kier alpha value is -2.04. The molecule has 1 amide bonds. The van der Waals surface area contributed by atoms with E-state index in [1.54, 1.807) is 18.2 Å². The van der Waals surface area contributed by atoms with Gasteiger partial charge in [-0.15, -0.1) is 0 Å². The summed E-state index contributed by atoms with van der Waals surface area (Å²) in [4.78, 5) is 12.4. The van der Waals surface area contributed by atoms with Crippen molar-refractivity contribution >= 4 is 50.7 Å². The quantitative estimate of drug-likeness (QED) is 0.552. The first-order valence-electron chi connectivity index (χ1n) is 7.63. The van der Waals surface area contributed by atoms with E-state index in [2.05, 4.69) is 31.4 Å². The standard InChI is InChI=1S/C16H11BrCl2F3N5O/c1-26-13(12(17)14(25-26)16(20,21)22)15(28)24-9-5-23-27(7-9)6-8-2-3-10(18)11(19)4-8/h2-5,7H,6H2,1H3,(H,24,28). The van der Waals surface area contributed by atoms with E-state index in [0.717, 1.165) is 10.2 Å². The van der Waals surface area contributed by atoms with Gasteiger partial charge in [0.15, 0.2) is 5.69 Å². The van der Waals surface area contributed by atoms with E-state index < -0.39 is 22.3 Å². The summed E-state index contributed by atoms with van der Waals surface area (Å²) in [5.41, 5.74) is -0.286. The van der Waals surface area contributed by atoms with Crippen LogP contribution in [0.4, 0.5) is 18.9 Å². The average Bonchev–Trinajstić information content (AvgIpc) is 3.14. The van der Waals surface area contributed by atoms with Crippen LogP contribution in [0.3, 0.4) is 0 Å². The van der Waals surface area contributed by atoms with Crippen molar-refractivity contribution in [2.24, 2.45) is 7.05 Å². The number of nitrogens with one attached hydrogen (secondary N) is 1. The molecule has 0 aliphatic carbocycles. The monoisotopic (exact) mass is 495 g/mol. The van der Waals surface area contributed by atoms with Crippen molar-refractivity contribution in [3.8, 4) is 0 Å². The molecule has 6 nitrogen and oxygen atoms in total. The number of alkyl halides is 3. The lowest BCUT2D eigenvalue weighted by atomic mass is 10.2. The van der Waals surface area contributed by atoms with Crippen molar-refractivity contribution in [1.82, 2.24) is 19.6 Å². The molecule has 0 spiro atoms. The molecule has 148 valence electrons. The number of carbonyl (C=O) groups excluding carboxylic acids is 1. The van der Waals surface area contributed by atoms with E-state index in [-0.39, 0.29) is 5.69 Å². The third-order valence-corrected chi connectivity index (χ3v) is 5.18. The van der Waals surface area contributed by atoms with Crippen molar-refractivity contribution in [2.45, 2.75) is 12.7 Å². The maximum absolute atomic E-state index is 12.9. The molecule has 0 bridgehead atoms. The molecular formula is C16H11BrCl2F3N5O. The maximum atomic E-state index is 12.9. The Kier molecular flexibility index (Phi) is 5.74. The van der Waals surface area contributed by atoms with Crippen LogP contribution in [0.25, 0.3) is 0 Å². The van der Waals surface area contributed by atoms with E-state index >= 15 is 0 Å². The van der Waals surface area contributed by atoms with Gasteiger partial charge in [0.05, 0.1) is 32.9 Å². The summed E-state index contributed by atoms with van der Waals surface area (Å²) >= 11 is 14.7. The molecule has 3 rings (SSSR count). The van der Waals surface area contributed by atoms with Gasteiger partial charge in [-0.1, -0.05) is 29.3 Å². The van der Waals surface area contributed by atoms with Crippen molar-refractivity contribution < 1.29 is 18.0 Å². The number of benzene rings is 1. The van der Waals surface area contributed by atoms with Gasteiger partial charge in [0.25, 0.3) is 5.91 Å². The number of rotatable bonds is 4. The second-order valence-electron chi connectivity index (χ2n) is 5.76. The summed E-state index contributed by atoms with van der Waals surface area (Å²) in [5.74, 6) is -0.758. The van der Waals surface area contributed by atoms with Gasteiger partial charge in [0, 0.05) is 13.2 Å². The zero-order valence-electron chi connectivity index (χ0n) is 14.1. The predicted octanol–water partition coefficient (Wildman–Crippen LogP) is 5.01. The topological polar surface area (TPSA) is 64.7 Å². The van der Waals surface area contributed by atoms with Crippen LogP contribution in [0.15, 0.2) is 35.1 Å². The Morgan fingerprint density at radius 2 is 2.00 bits per heavy atom. The zero-order chi connectivity index (χ0) is 20.6. The second-order valence-corrected chi connectivity index (χ2v) is 7.37. The molecule has 1 aromatic carbocycles. The summed E-state index contributed by atoms with van der Waals surface area (Å²) in [6.45, 7) is 0.361. The van der Waals surface area contributed by atoms with Gasteiger partial charge in [-0.05, 0) is 33.6 Å². The molecule has 3 aromatic rings. The van der Waals surface area contributed by atoms with Crippen LogP contribution in [0.1, 0.15) is 21.7 Å². The number of aryl methyl sites for hydroxylation is 1. The summed E-state index contributed by atoms with van der Waals surface area (Å²) < 4.78 is 40.8. The first-order valence-corrected chi connectivity index (χ1v) is 9.18. The number of nitrogens with zero attached hydrogens (tertiary/aromatic N) is 4. The Balaban J connectivity index is 1.76. The van der Waals surface area contributed by atoms with Crippen molar-refractivity contribution in [1.29, 1.82) is 0 Å². The molecule has 0 fully saturated rings. The highest BCUT2D eigenvalue weighted by Gasteiger charge is 2.39. The lowest BCUT2D eigenvalue weighted by Crippen LogP contribution is -2.16. The number of anilines is 1. The summed E-state index contributed by atoms with van der Waals surface area (Å²) in [6, 6.07) is 5.12. The van der Waals surface area contributed by atoms with Crippen molar-refractivity contribution in [3.05, 3.63) is 62.1 Å². The fourth-order valence-electron chi connectivity index (χ4n) is 2.46. The Morgan fingerprint density at radius 3 is 2.61 bits per heavy atom. The predicted molar refractivity (Wildman–Crippen MR) is 102 cm³/mol. The van der Waals surface area contributed by atoms with E-state index in [4.69, 9.17) is 23.2 Å². The normalized spacial score (nSPS) is 11.7. The van der Waals surface area contributed by atoms with Gasteiger partial charge in [-0.25, -0.2) is 0 Å². The van der Waals surface area contributed by atoms with Gasteiger partial charge < -0.3 is 5.32 Å². The van der Waals surface area contributed by atoms with Crippen LogP contribution in [-0.2, 0) is 19.8 Å². The van der Waals surface area contributed by atoms with Gasteiger partial charge in [0.1, 0.15) is 5.69 Å². The SMILES string of the molecule is Cn1nc(C(F)(F)F)c(Br)c1C(=O)Nc1cnn(Cc2ccc(Cl)c(Cl)c2)c1. The highest BCUT2D eigenvalue weighted by Crippen LogP contribution is 2.35. The number of halogens is 6. The van der Waals surface area contributed by atoms with E-state index in [9.17, 15) is 18.0 Å². The first kappa shape index (κ1) is 20.7. The van der Waals surface area contributed by atoms with Gasteiger partial charge in [-0.3, -0.25) is 14.2 Å². The average molecular weight is 497 g/mol. The number of aromatic nitrogens is 4. The summed E-state index contributed by atoms with van der Waals surface area (Å²) in [5, 5.41) is 10.8. The van der Waals surface area contributed by atoms with Gasteiger partial charge in [-0.2, -0.15) is 23.4 Å². The zero-order valence-corrected chi connectivity index (χ0v) is 17.2. The van der Waals surface area contributed by atoms with Crippen LogP contribution in [0.5, 0.6) is 0 Å². The second kappa shape index (κ2) is 7.76. The maximum Gasteiger partial charge on any atom is 0.436 e. The van der Waals surface area contributed by atoms with Crippen LogP contribution >= 0.6 is 39.1 Å². The Labute approximate surface area is 175 Å². The van der Waals surface area contributed by atoms with Crippen LogP contribution in [-0.4, -0.2) is 25.5 Å². The third-order valence-electron chi connectivity index (χ3n) is 3.69. The minimum absolute atomic E-state index is 0.260. The number of hydrogen-bond donors (Lipinski definition) is 1. The minimum atomic E-state index is -4.68. The lowest BCUT2D eigenvalue weighted by molar-refractivity contribution is -0.142. The van der Waals surface area contributed by atoms with Gasteiger partial charge >= 0.3 is 6.18 Å². The number of amides is 1. The molecule has 0 saturated heterocycles. The number of carbonyl (C=O) groups is 1. The van der Waals surface area contributed by atoms with E-state index in [1.165, 1.54) is 24.1 Å². The molecule has 0 atom stereocenters. The molecular weight excluding hydrogens is 486 g/mol. The summed E-state index contributed by atoms with van der Waals surface area (Å²) in [6.07, 6.45) is -1.76. The van der Waals surface area contributed by atoms with E-state index in [1.807, 2.05) is 0 Å².